The van der Waals surface area contributed by atoms with Gasteiger partial charge in [0.05, 0.1) is 0 Å². The van der Waals surface area contributed by atoms with Crippen LogP contribution in [0.2, 0.25) is 0 Å². The Kier molecular flexibility index (Phi) is 5.26. The van der Waals surface area contributed by atoms with Gasteiger partial charge in [0.15, 0.2) is 0 Å². The number of hydrogen-bond donors (Lipinski definition) is 2. The van der Waals surface area contributed by atoms with Crippen LogP contribution in [0.25, 0.3) is 11.4 Å². The third kappa shape index (κ3) is 5.09. The van der Waals surface area contributed by atoms with E-state index in [1.807, 2.05) is 0 Å². The Morgan fingerprint density at radius 3 is 2.50 bits per heavy atom. The Bertz CT molecular complexity index is 742. The first-order valence-electron chi connectivity index (χ1n) is 7.91. The number of carbonyl (C=O) groups excluding carboxylic acids is 1. The summed E-state index contributed by atoms with van der Waals surface area (Å²) in [5.74, 6) is -0.235. The van der Waals surface area contributed by atoms with E-state index in [2.05, 4.69) is 25.6 Å². The molecule has 2 heterocycles. The van der Waals surface area contributed by atoms with E-state index in [0.29, 0.717) is 5.56 Å². The lowest BCUT2D eigenvalue weighted by atomic mass is 10.2. The second-order valence-corrected chi connectivity index (χ2v) is 5.61. The van der Waals surface area contributed by atoms with Crippen LogP contribution in [0.15, 0.2) is 28.8 Å². The number of aromatic nitrogens is 2. The van der Waals surface area contributed by atoms with Gasteiger partial charge in [-0.25, -0.2) is 9.80 Å². The van der Waals surface area contributed by atoms with Gasteiger partial charge in [-0.1, -0.05) is 11.6 Å². The van der Waals surface area contributed by atoms with E-state index in [-0.39, 0.29) is 17.6 Å². The first kappa shape index (κ1) is 18.0. The van der Waals surface area contributed by atoms with Crippen molar-refractivity contribution >= 4 is 12.0 Å². The summed E-state index contributed by atoms with van der Waals surface area (Å²) in [7, 11) is 0. The molecule has 2 aromatic rings. The van der Waals surface area contributed by atoms with Gasteiger partial charge in [-0.3, -0.25) is 10.7 Å². The molecule has 11 heteroatoms. The molecule has 2 N–H and O–H groups in total. The summed E-state index contributed by atoms with van der Waals surface area (Å²) in [4.78, 5) is 15.9. The van der Waals surface area contributed by atoms with E-state index in [1.54, 1.807) is 5.01 Å². The standard InChI is InChI=1S/C15H16F3N5O3/c16-15(17,18)25-11-6-4-10(5-7-11)12-19-14(26-22-12)20-13(24)21-23-8-2-1-3-9-23/h4-7H,1-3,8-9H2,(H2,19,20,21,22,24). The second-order valence-electron chi connectivity index (χ2n) is 5.61. The molecule has 1 saturated heterocycles. The van der Waals surface area contributed by atoms with Crippen LogP contribution in [0.4, 0.5) is 24.0 Å². The van der Waals surface area contributed by atoms with Crippen molar-refractivity contribution in [3.8, 4) is 17.1 Å². The number of nitrogens with one attached hydrogen (secondary N) is 2. The molecule has 8 nitrogen and oxygen atoms in total. The highest BCUT2D eigenvalue weighted by atomic mass is 19.4. The summed E-state index contributed by atoms with van der Waals surface area (Å²) in [5.41, 5.74) is 3.09. The molecular formula is C15H16F3N5O3. The van der Waals surface area contributed by atoms with Gasteiger partial charge in [-0.2, -0.15) is 4.98 Å². The number of alkyl halides is 3. The number of hydrazine groups is 1. The van der Waals surface area contributed by atoms with Crippen molar-refractivity contribution in [2.24, 2.45) is 0 Å². The SMILES string of the molecule is O=C(Nc1nc(-c2ccc(OC(F)(F)F)cc2)no1)NN1CCCCC1. The van der Waals surface area contributed by atoms with Gasteiger partial charge in [-0.05, 0) is 37.1 Å². The molecule has 26 heavy (non-hydrogen) atoms. The van der Waals surface area contributed by atoms with Crippen LogP contribution in [0, 0.1) is 0 Å². The monoisotopic (exact) mass is 371 g/mol. The molecule has 0 saturated carbocycles. The van der Waals surface area contributed by atoms with Crippen molar-refractivity contribution in [2.75, 3.05) is 18.4 Å². The molecule has 0 aliphatic carbocycles. The van der Waals surface area contributed by atoms with Crippen molar-refractivity contribution in [3.63, 3.8) is 0 Å². The zero-order valence-corrected chi connectivity index (χ0v) is 13.5. The summed E-state index contributed by atoms with van der Waals surface area (Å²) < 4.78 is 45.2. The summed E-state index contributed by atoms with van der Waals surface area (Å²) in [5, 5.41) is 7.90. The number of halogens is 3. The lowest BCUT2D eigenvalue weighted by molar-refractivity contribution is -0.274. The van der Waals surface area contributed by atoms with Gasteiger partial charge >= 0.3 is 18.4 Å². The summed E-state index contributed by atoms with van der Waals surface area (Å²) in [6.07, 6.45) is -1.59. The first-order chi connectivity index (χ1) is 12.4. The molecule has 1 aliphatic heterocycles. The van der Waals surface area contributed by atoms with Gasteiger partial charge in [0.2, 0.25) is 5.82 Å². The minimum atomic E-state index is -4.76. The van der Waals surface area contributed by atoms with E-state index < -0.39 is 12.4 Å². The predicted molar refractivity (Wildman–Crippen MR) is 84.0 cm³/mol. The molecule has 140 valence electrons. The maximum atomic E-state index is 12.1. The topological polar surface area (TPSA) is 92.5 Å². The number of carbonyl (C=O) groups is 1. The molecule has 2 amide bonds. The van der Waals surface area contributed by atoms with Gasteiger partial charge in [0.25, 0.3) is 0 Å². The van der Waals surface area contributed by atoms with Crippen molar-refractivity contribution in [3.05, 3.63) is 24.3 Å². The summed E-state index contributed by atoms with van der Waals surface area (Å²) in [6, 6.07) is 4.35. The Morgan fingerprint density at radius 2 is 1.85 bits per heavy atom. The fourth-order valence-corrected chi connectivity index (χ4v) is 2.47. The molecule has 1 aliphatic rings. The van der Waals surface area contributed by atoms with E-state index in [0.717, 1.165) is 44.5 Å². The van der Waals surface area contributed by atoms with Gasteiger partial charge in [0, 0.05) is 18.7 Å². The molecule has 0 unspecified atom stereocenters. The van der Waals surface area contributed by atoms with Crippen LogP contribution < -0.4 is 15.5 Å². The number of anilines is 1. The van der Waals surface area contributed by atoms with E-state index in [4.69, 9.17) is 4.52 Å². The number of urea groups is 1. The average molecular weight is 371 g/mol. The number of amides is 2. The Labute approximate surface area is 146 Å². The zero-order chi connectivity index (χ0) is 18.6. The van der Waals surface area contributed by atoms with E-state index in [9.17, 15) is 18.0 Å². The molecule has 1 fully saturated rings. The van der Waals surface area contributed by atoms with Crippen LogP contribution in [0.1, 0.15) is 19.3 Å². The number of nitrogens with zero attached hydrogens (tertiary/aromatic N) is 3. The molecular weight excluding hydrogens is 355 g/mol. The second kappa shape index (κ2) is 7.60. The van der Waals surface area contributed by atoms with E-state index in [1.165, 1.54) is 12.1 Å². The minimum Gasteiger partial charge on any atom is -0.406 e. The quantitative estimate of drug-likeness (QED) is 0.858. The van der Waals surface area contributed by atoms with Crippen molar-refractivity contribution in [1.82, 2.24) is 20.6 Å². The van der Waals surface area contributed by atoms with Crippen LogP contribution in [0.5, 0.6) is 5.75 Å². The highest BCUT2D eigenvalue weighted by Crippen LogP contribution is 2.25. The van der Waals surface area contributed by atoms with Gasteiger partial charge < -0.3 is 9.26 Å². The average Bonchev–Trinajstić information content (AvgIpc) is 3.03. The summed E-state index contributed by atoms with van der Waals surface area (Å²) >= 11 is 0. The fourth-order valence-electron chi connectivity index (χ4n) is 2.47. The fraction of sp³-hybridized carbons (Fsp3) is 0.400. The maximum absolute atomic E-state index is 12.1. The molecule has 0 bridgehead atoms. The number of benzene rings is 1. The van der Waals surface area contributed by atoms with Crippen molar-refractivity contribution in [2.45, 2.75) is 25.6 Å². The highest BCUT2D eigenvalue weighted by molar-refractivity contribution is 5.86. The smallest absolute Gasteiger partial charge is 0.406 e. The number of piperidine rings is 1. The zero-order valence-electron chi connectivity index (χ0n) is 13.5. The molecule has 0 spiro atoms. The number of ether oxygens (including phenoxy) is 1. The third-order valence-electron chi connectivity index (χ3n) is 3.61. The molecule has 1 aromatic carbocycles. The van der Waals surface area contributed by atoms with E-state index >= 15 is 0 Å². The molecule has 0 atom stereocenters. The lowest BCUT2D eigenvalue weighted by Crippen LogP contribution is -2.46. The van der Waals surface area contributed by atoms with Gasteiger partial charge in [-0.15, -0.1) is 13.2 Å². The Hall–Kier alpha value is -2.82. The van der Waals surface area contributed by atoms with Crippen LogP contribution >= 0.6 is 0 Å². The Morgan fingerprint density at radius 1 is 1.15 bits per heavy atom. The summed E-state index contributed by atoms with van der Waals surface area (Å²) in [6.45, 7) is 1.55. The minimum absolute atomic E-state index is 0.120. The highest BCUT2D eigenvalue weighted by Gasteiger charge is 2.31. The molecule has 0 radical (unpaired) electrons. The third-order valence-corrected chi connectivity index (χ3v) is 3.61. The Balaban J connectivity index is 1.57. The number of rotatable bonds is 4. The van der Waals surface area contributed by atoms with Crippen LogP contribution in [-0.4, -0.2) is 40.6 Å². The molecule has 1 aromatic heterocycles. The van der Waals surface area contributed by atoms with Crippen molar-refractivity contribution < 1.29 is 27.2 Å². The van der Waals surface area contributed by atoms with Crippen LogP contribution in [-0.2, 0) is 0 Å². The van der Waals surface area contributed by atoms with Gasteiger partial charge in [0.1, 0.15) is 5.75 Å². The van der Waals surface area contributed by atoms with Crippen LogP contribution in [0.3, 0.4) is 0 Å². The lowest BCUT2D eigenvalue weighted by Gasteiger charge is -2.26. The van der Waals surface area contributed by atoms with Crippen molar-refractivity contribution in [1.29, 1.82) is 0 Å². The maximum Gasteiger partial charge on any atom is 0.573 e. The predicted octanol–water partition coefficient (Wildman–Crippen LogP) is 3.16. The first-order valence-corrected chi connectivity index (χ1v) is 7.91. The number of hydrogen-bond acceptors (Lipinski definition) is 6. The molecule has 3 rings (SSSR count). The largest absolute Gasteiger partial charge is 0.573 e. The normalized spacial score (nSPS) is 15.5.